The van der Waals surface area contributed by atoms with Crippen LogP contribution >= 0.6 is 0 Å². The zero-order valence-electron chi connectivity index (χ0n) is 22.3. The van der Waals surface area contributed by atoms with Gasteiger partial charge in [-0.15, -0.1) is 0 Å². The third-order valence-electron chi connectivity index (χ3n) is 9.32. The van der Waals surface area contributed by atoms with Gasteiger partial charge in [0.25, 0.3) is 0 Å². The van der Waals surface area contributed by atoms with Crippen LogP contribution in [0.5, 0.6) is 0 Å². The molecular weight excluding hydrogens is 470 g/mol. The molecule has 3 aromatic rings. The lowest BCUT2D eigenvalue weighted by molar-refractivity contribution is 0.0142. The average molecular weight is 510 g/mol. The van der Waals surface area contributed by atoms with Gasteiger partial charge in [-0.2, -0.15) is 0 Å². The summed E-state index contributed by atoms with van der Waals surface area (Å²) >= 11 is 0. The Morgan fingerprint density at radius 2 is 1.42 bits per heavy atom. The van der Waals surface area contributed by atoms with Crippen LogP contribution in [0.15, 0.2) is 85.2 Å². The summed E-state index contributed by atoms with van der Waals surface area (Å²) in [7, 11) is 0. The number of ether oxygens (including phenoxy) is 1. The molecule has 4 aliphatic rings. The van der Waals surface area contributed by atoms with Crippen molar-refractivity contribution in [3.63, 3.8) is 0 Å². The Bertz CT molecular complexity index is 1130. The normalized spacial score (nSPS) is 28.1. The van der Waals surface area contributed by atoms with Gasteiger partial charge in [0.2, 0.25) is 0 Å². The van der Waals surface area contributed by atoms with Gasteiger partial charge in [0.15, 0.2) is 0 Å². The first-order valence-electron chi connectivity index (χ1n) is 14.4. The van der Waals surface area contributed by atoms with E-state index in [1.54, 1.807) is 24.5 Å². The van der Waals surface area contributed by atoms with Gasteiger partial charge in [0, 0.05) is 48.9 Å². The van der Waals surface area contributed by atoms with E-state index in [4.69, 9.17) is 4.74 Å². The van der Waals surface area contributed by atoms with Crippen LogP contribution in [0.3, 0.4) is 0 Å². The summed E-state index contributed by atoms with van der Waals surface area (Å²) in [6.45, 7) is 4.64. The predicted octanol–water partition coefficient (Wildman–Crippen LogP) is 5.90. The first kappa shape index (κ1) is 25.3. The SMILES string of the molecule is O=C(OCCN1CCC2(N3CCCCC3)C[C@@H](c3ccccc3)C1[C@H](c1ccccc1)C2)c1ccncc1. The molecule has 2 bridgehead atoms. The summed E-state index contributed by atoms with van der Waals surface area (Å²) in [6, 6.07) is 26.2. The molecule has 4 heterocycles. The smallest absolute Gasteiger partial charge is 0.338 e. The zero-order valence-corrected chi connectivity index (χ0v) is 22.3. The second-order valence-electron chi connectivity index (χ2n) is 11.4. The molecule has 0 spiro atoms. The van der Waals surface area contributed by atoms with Crippen LogP contribution in [0, 0.1) is 0 Å². The fourth-order valence-corrected chi connectivity index (χ4v) is 7.54. The monoisotopic (exact) mass is 509 g/mol. The lowest BCUT2D eigenvalue weighted by atomic mass is 9.63. The van der Waals surface area contributed by atoms with E-state index >= 15 is 0 Å². The second-order valence-corrected chi connectivity index (χ2v) is 11.4. The summed E-state index contributed by atoms with van der Waals surface area (Å²) in [5, 5.41) is 0. The fraction of sp³-hybridized carbons (Fsp3) is 0.455. The lowest BCUT2D eigenvalue weighted by Crippen LogP contribution is -2.56. The van der Waals surface area contributed by atoms with Crippen molar-refractivity contribution >= 4 is 5.97 Å². The van der Waals surface area contributed by atoms with Gasteiger partial charge in [-0.1, -0.05) is 67.1 Å². The topological polar surface area (TPSA) is 45.7 Å². The van der Waals surface area contributed by atoms with Crippen molar-refractivity contribution in [2.45, 2.75) is 61.9 Å². The standard InChI is InChI=1S/C33H39N3O2/c37-32(28-14-17-34-18-15-28)38-23-22-35-21-16-33(36-19-8-3-9-20-36)24-29(26-10-4-1-5-11-26)31(35)30(25-33)27-12-6-2-7-13-27/h1-2,4-7,10-15,17-18,29-31H,3,8-9,16,19-25H2/t29-,30-,31?,33?/m0/s1. The van der Waals surface area contributed by atoms with Crippen molar-refractivity contribution < 1.29 is 9.53 Å². The zero-order chi connectivity index (χ0) is 25.8. The Hall–Kier alpha value is -3.02. The number of hydrogen-bond donors (Lipinski definition) is 0. The number of esters is 1. The first-order valence-corrected chi connectivity index (χ1v) is 14.4. The number of aromatic nitrogens is 1. The number of carbonyl (C=O) groups is 1. The van der Waals surface area contributed by atoms with E-state index < -0.39 is 0 Å². The number of carbonyl (C=O) groups excluding carboxylic acids is 1. The number of piperidine rings is 1. The van der Waals surface area contributed by atoms with Gasteiger partial charge in [0.05, 0.1) is 5.56 Å². The minimum atomic E-state index is -0.268. The van der Waals surface area contributed by atoms with Gasteiger partial charge in [-0.25, -0.2) is 4.79 Å². The van der Waals surface area contributed by atoms with E-state index in [9.17, 15) is 4.79 Å². The van der Waals surface area contributed by atoms with Crippen LogP contribution in [-0.2, 0) is 4.74 Å². The Balaban J connectivity index is 1.33. The van der Waals surface area contributed by atoms with Gasteiger partial charge < -0.3 is 4.74 Å². The summed E-state index contributed by atoms with van der Waals surface area (Å²) < 4.78 is 5.78. The number of pyridine rings is 1. The highest BCUT2D eigenvalue weighted by molar-refractivity contribution is 5.89. The van der Waals surface area contributed by atoms with Crippen molar-refractivity contribution in [2.75, 3.05) is 32.8 Å². The Morgan fingerprint density at radius 3 is 2.03 bits per heavy atom. The van der Waals surface area contributed by atoms with Crippen LogP contribution in [0.1, 0.15) is 71.8 Å². The highest BCUT2D eigenvalue weighted by Crippen LogP contribution is 2.54. The van der Waals surface area contributed by atoms with Crippen molar-refractivity contribution in [2.24, 2.45) is 0 Å². The van der Waals surface area contributed by atoms with Crippen LogP contribution in [0.4, 0.5) is 0 Å². The van der Waals surface area contributed by atoms with E-state index in [0.717, 1.165) is 13.1 Å². The molecule has 4 fully saturated rings. The molecule has 5 nitrogen and oxygen atoms in total. The third-order valence-corrected chi connectivity index (χ3v) is 9.32. The molecule has 3 saturated heterocycles. The molecule has 0 amide bonds. The molecule has 0 unspecified atom stereocenters. The van der Waals surface area contributed by atoms with Crippen LogP contribution in [0.25, 0.3) is 0 Å². The predicted molar refractivity (Wildman–Crippen MR) is 150 cm³/mol. The Morgan fingerprint density at radius 1 is 0.816 bits per heavy atom. The largest absolute Gasteiger partial charge is 0.461 e. The molecule has 3 aliphatic heterocycles. The molecular formula is C33H39N3O2. The summed E-state index contributed by atoms with van der Waals surface area (Å²) in [6.07, 6.45) is 10.8. The minimum Gasteiger partial charge on any atom is -0.461 e. The van der Waals surface area contributed by atoms with Crippen molar-refractivity contribution in [3.05, 3.63) is 102 Å². The summed E-state index contributed by atoms with van der Waals surface area (Å²) in [5.74, 6) is 0.612. The quantitative estimate of drug-likeness (QED) is 0.371. The number of rotatable bonds is 7. The van der Waals surface area contributed by atoms with E-state index in [1.165, 1.54) is 62.7 Å². The average Bonchev–Trinajstić information content (AvgIpc) is 3.26. The number of likely N-dealkylation sites (tertiary alicyclic amines) is 1. The molecule has 0 radical (unpaired) electrons. The van der Waals surface area contributed by atoms with Gasteiger partial charge in [-0.05, 0) is 68.5 Å². The second kappa shape index (κ2) is 11.4. The van der Waals surface area contributed by atoms with E-state index in [-0.39, 0.29) is 11.5 Å². The molecule has 2 aromatic carbocycles. The summed E-state index contributed by atoms with van der Waals surface area (Å²) in [4.78, 5) is 22.2. The molecule has 0 N–H and O–H groups in total. The number of hydrogen-bond acceptors (Lipinski definition) is 5. The van der Waals surface area contributed by atoms with Gasteiger partial charge >= 0.3 is 5.97 Å². The molecule has 198 valence electrons. The van der Waals surface area contributed by atoms with Crippen LogP contribution < -0.4 is 0 Å². The van der Waals surface area contributed by atoms with E-state index in [0.29, 0.717) is 30.0 Å². The van der Waals surface area contributed by atoms with Crippen molar-refractivity contribution in [1.29, 1.82) is 0 Å². The number of fused-ring (bicyclic) bond motifs is 4. The highest BCUT2D eigenvalue weighted by atomic mass is 16.5. The van der Waals surface area contributed by atoms with Crippen molar-refractivity contribution in [3.8, 4) is 0 Å². The maximum absolute atomic E-state index is 12.7. The molecule has 38 heavy (non-hydrogen) atoms. The molecule has 1 aliphatic carbocycles. The van der Waals surface area contributed by atoms with E-state index in [1.807, 2.05) is 0 Å². The molecule has 2 atom stereocenters. The van der Waals surface area contributed by atoms with Crippen LogP contribution in [-0.4, -0.2) is 65.1 Å². The molecule has 7 rings (SSSR count). The summed E-state index contributed by atoms with van der Waals surface area (Å²) in [5.41, 5.74) is 3.66. The molecule has 5 heteroatoms. The molecule has 1 aromatic heterocycles. The Labute approximate surface area is 226 Å². The lowest BCUT2D eigenvalue weighted by Gasteiger charge is -2.53. The van der Waals surface area contributed by atoms with Gasteiger partial charge in [0.1, 0.15) is 6.61 Å². The fourth-order valence-electron chi connectivity index (χ4n) is 7.54. The maximum atomic E-state index is 12.7. The van der Waals surface area contributed by atoms with Gasteiger partial charge in [-0.3, -0.25) is 14.8 Å². The Kier molecular flexibility index (Phi) is 7.57. The minimum absolute atomic E-state index is 0.209. The molecule has 1 saturated carbocycles. The van der Waals surface area contributed by atoms with Crippen molar-refractivity contribution in [1.82, 2.24) is 14.8 Å². The van der Waals surface area contributed by atoms with Crippen LogP contribution in [0.2, 0.25) is 0 Å². The third kappa shape index (κ3) is 5.14. The number of nitrogens with zero attached hydrogens (tertiary/aromatic N) is 3. The first-order chi connectivity index (χ1) is 18.7. The number of benzene rings is 2. The maximum Gasteiger partial charge on any atom is 0.338 e. The highest BCUT2D eigenvalue weighted by Gasteiger charge is 2.53. The van der Waals surface area contributed by atoms with E-state index in [2.05, 4.69) is 75.4 Å².